The largest absolute Gasteiger partial charge is 0.303 e. The first-order valence-corrected chi connectivity index (χ1v) is 8.85. The molecule has 0 amide bonds. The molecule has 2 aromatic heterocycles. The van der Waals surface area contributed by atoms with Crippen molar-refractivity contribution in [3.8, 4) is 11.4 Å². The number of nitrogens with one attached hydrogen (secondary N) is 1. The number of H-pyrrole nitrogens is 1. The maximum absolute atomic E-state index is 6.40. The number of pyridine rings is 1. The fraction of sp³-hybridized carbons (Fsp3) is 0.263. The van der Waals surface area contributed by atoms with Crippen LogP contribution in [0.2, 0.25) is 5.02 Å². The molecule has 0 saturated carbocycles. The first-order chi connectivity index (χ1) is 12.2. The Kier molecular flexibility index (Phi) is 4.42. The average molecular weight is 355 g/mol. The number of rotatable bonds is 3. The molecule has 5 nitrogen and oxygen atoms in total. The number of benzene rings is 1. The average Bonchev–Trinajstić information content (AvgIpc) is 3.00. The van der Waals surface area contributed by atoms with Crippen LogP contribution in [0.15, 0.2) is 53.8 Å². The van der Waals surface area contributed by atoms with E-state index in [9.17, 15) is 0 Å². The van der Waals surface area contributed by atoms with Crippen molar-refractivity contribution in [2.24, 2.45) is 5.10 Å². The maximum Gasteiger partial charge on any atom is 0.293 e. The predicted molar refractivity (Wildman–Crippen MR) is 101 cm³/mol. The van der Waals surface area contributed by atoms with Crippen LogP contribution in [0.4, 0.5) is 0 Å². The molecule has 1 saturated heterocycles. The van der Waals surface area contributed by atoms with E-state index in [-0.39, 0.29) is 0 Å². The monoisotopic (exact) mass is 354 g/mol. The lowest BCUT2D eigenvalue weighted by Crippen LogP contribution is -2.41. The summed E-state index contributed by atoms with van der Waals surface area (Å²) in [6.07, 6.45) is 3.96. The van der Waals surface area contributed by atoms with Gasteiger partial charge in [0.1, 0.15) is 0 Å². The summed E-state index contributed by atoms with van der Waals surface area (Å²) >= 11 is 6.40. The van der Waals surface area contributed by atoms with Gasteiger partial charge in [-0.3, -0.25) is 5.01 Å². The van der Waals surface area contributed by atoms with Gasteiger partial charge in [-0.15, -0.1) is 0 Å². The highest BCUT2D eigenvalue weighted by molar-refractivity contribution is 6.33. The molecule has 25 heavy (non-hydrogen) atoms. The minimum Gasteiger partial charge on any atom is -0.303 e. The Bertz CT molecular complexity index is 909. The summed E-state index contributed by atoms with van der Waals surface area (Å²) in [5.74, 6) is 0.959. The summed E-state index contributed by atoms with van der Waals surface area (Å²) in [7, 11) is 2.14. The van der Waals surface area contributed by atoms with E-state index in [0.29, 0.717) is 0 Å². The highest BCUT2D eigenvalue weighted by Crippen LogP contribution is 2.25. The van der Waals surface area contributed by atoms with Gasteiger partial charge in [0.25, 0.3) is 5.82 Å². The van der Waals surface area contributed by atoms with Gasteiger partial charge in [0, 0.05) is 26.2 Å². The van der Waals surface area contributed by atoms with Gasteiger partial charge < -0.3 is 4.90 Å². The van der Waals surface area contributed by atoms with Crippen LogP contribution in [0.25, 0.3) is 16.9 Å². The summed E-state index contributed by atoms with van der Waals surface area (Å²) in [4.78, 5) is 5.81. The SMILES string of the molecule is CN1CCN(/N=C/c2[nH]c(-c3ccccc3Cl)[n+]3ccccc23)CC1. The third-order valence-electron chi connectivity index (χ3n) is 4.59. The zero-order valence-electron chi connectivity index (χ0n) is 14.2. The summed E-state index contributed by atoms with van der Waals surface area (Å²) in [6.45, 7) is 4.00. The minimum absolute atomic E-state index is 0.726. The Morgan fingerprint density at radius 1 is 1.08 bits per heavy atom. The second-order valence-corrected chi connectivity index (χ2v) is 6.73. The standard InChI is InChI=1S/C19H20ClN5/c1-23-10-12-24(13-11-23)21-14-17-18-8-4-5-9-25(18)19(22-17)15-6-2-3-7-16(15)20/h2-9,14H,10-13H2,1H3/p+1/b21-14+. The topological polar surface area (TPSA) is 38.7 Å². The number of hydrazone groups is 1. The lowest BCUT2D eigenvalue weighted by molar-refractivity contribution is -0.498. The number of aromatic amines is 1. The van der Waals surface area contributed by atoms with Gasteiger partial charge in [-0.25, -0.2) is 4.98 Å². The molecule has 3 aromatic rings. The quantitative estimate of drug-likeness (QED) is 0.580. The van der Waals surface area contributed by atoms with E-state index in [1.54, 1.807) is 0 Å². The van der Waals surface area contributed by atoms with Crippen LogP contribution in [0, 0.1) is 0 Å². The highest BCUT2D eigenvalue weighted by atomic mass is 35.5. The molecule has 0 radical (unpaired) electrons. The number of hydrogen-bond acceptors (Lipinski definition) is 3. The third-order valence-corrected chi connectivity index (χ3v) is 4.92. The van der Waals surface area contributed by atoms with Crippen molar-refractivity contribution >= 4 is 23.3 Å². The van der Waals surface area contributed by atoms with E-state index < -0.39 is 0 Å². The second kappa shape index (κ2) is 6.86. The van der Waals surface area contributed by atoms with Gasteiger partial charge in [-0.05, 0) is 31.3 Å². The third kappa shape index (κ3) is 3.25. The molecule has 3 heterocycles. The van der Waals surface area contributed by atoms with Crippen LogP contribution in [-0.4, -0.2) is 54.3 Å². The van der Waals surface area contributed by atoms with E-state index in [4.69, 9.17) is 11.6 Å². The van der Waals surface area contributed by atoms with Crippen LogP contribution in [0.5, 0.6) is 0 Å². The van der Waals surface area contributed by atoms with Gasteiger partial charge in [0.05, 0.1) is 23.0 Å². The number of fused-ring (bicyclic) bond motifs is 1. The van der Waals surface area contributed by atoms with Gasteiger partial charge in [0.2, 0.25) is 0 Å². The van der Waals surface area contributed by atoms with E-state index >= 15 is 0 Å². The van der Waals surface area contributed by atoms with Crippen LogP contribution in [0.3, 0.4) is 0 Å². The number of nitrogens with zero attached hydrogens (tertiary/aromatic N) is 4. The molecule has 1 fully saturated rings. The van der Waals surface area contributed by atoms with Crippen LogP contribution in [0.1, 0.15) is 5.69 Å². The Hall–Kier alpha value is -2.37. The van der Waals surface area contributed by atoms with E-state index in [1.165, 1.54) is 0 Å². The van der Waals surface area contributed by atoms with Crippen molar-refractivity contribution in [2.45, 2.75) is 0 Å². The summed E-state index contributed by atoms with van der Waals surface area (Å²) in [5.41, 5.74) is 3.04. The second-order valence-electron chi connectivity index (χ2n) is 6.32. The lowest BCUT2D eigenvalue weighted by Gasteiger charge is -2.29. The molecular formula is C19H21ClN5+. The van der Waals surface area contributed by atoms with Crippen molar-refractivity contribution in [2.75, 3.05) is 33.2 Å². The van der Waals surface area contributed by atoms with Crippen molar-refractivity contribution < 1.29 is 4.40 Å². The molecular weight excluding hydrogens is 334 g/mol. The summed E-state index contributed by atoms with van der Waals surface area (Å²) in [5, 5.41) is 7.52. The lowest BCUT2D eigenvalue weighted by atomic mass is 10.2. The zero-order valence-corrected chi connectivity index (χ0v) is 14.9. The molecule has 1 aliphatic heterocycles. The van der Waals surface area contributed by atoms with Crippen LogP contribution >= 0.6 is 11.6 Å². The highest BCUT2D eigenvalue weighted by Gasteiger charge is 2.21. The molecule has 0 unspecified atom stereocenters. The molecule has 0 aliphatic carbocycles. The van der Waals surface area contributed by atoms with Gasteiger partial charge in [-0.2, -0.15) is 9.50 Å². The minimum atomic E-state index is 0.726. The number of halogens is 1. The molecule has 6 heteroatoms. The molecule has 1 aliphatic rings. The Morgan fingerprint density at radius 2 is 1.84 bits per heavy atom. The van der Waals surface area contributed by atoms with E-state index in [2.05, 4.69) is 37.5 Å². The van der Waals surface area contributed by atoms with E-state index in [0.717, 1.165) is 53.8 Å². The van der Waals surface area contributed by atoms with Crippen LogP contribution in [-0.2, 0) is 0 Å². The summed E-state index contributed by atoms with van der Waals surface area (Å²) in [6, 6.07) is 14.0. The number of aromatic nitrogens is 2. The Labute approximate surface area is 152 Å². The van der Waals surface area contributed by atoms with Gasteiger partial charge in [-0.1, -0.05) is 29.8 Å². The van der Waals surface area contributed by atoms with E-state index in [1.807, 2.05) is 48.8 Å². The smallest absolute Gasteiger partial charge is 0.293 e. The fourth-order valence-electron chi connectivity index (χ4n) is 3.11. The number of piperazine rings is 1. The molecule has 1 N–H and O–H groups in total. The first kappa shape index (κ1) is 16.1. The van der Waals surface area contributed by atoms with Crippen molar-refractivity contribution in [3.63, 3.8) is 0 Å². The predicted octanol–water partition coefficient (Wildman–Crippen LogP) is 2.66. The Balaban J connectivity index is 1.72. The fourth-order valence-corrected chi connectivity index (χ4v) is 3.33. The van der Waals surface area contributed by atoms with Crippen molar-refractivity contribution in [1.29, 1.82) is 0 Å². The van der Waals surface area contributed by atoms with Gasteiger partial charge in [0.15, 0.2) is 11.2 Å². The number of likely N-dealkylation sites (N-methyl/N-ethyl adjacent to an activating group) is 1. The molecule has 0 bridgehead atoms. The Morgan fingerprint density at radius 3 is 2.64 bits per heavy atom. The molecule has 1 aromatic carbocycles. The molecule has 0 atom stereocenters. The zero-order chi connectivity index (χ0) is 17.2. The molecule has 128 valence electrons. The summed E-state index contributed by atoms with van der Waals surface area (Å²) < 4.78 is 2.12. The molecule has 0 spiro atoms. The van der Waals surface area contributed by atoms with Crippen molar-refractivity contribution in [1.82, 2.24) is 14.9 Å². The van der Waals surface area contributed by atoms with Crippen LogP contribution < -0.4 is 4.40 Å². The maximum atomic E-state index is 6.40. The normalized spacial score (nSPS) is 16.2. The van der Waals surface area contributed by atoms with Gasteiger partial charge >= 0.3 is 0 Å². The first-order valence-electron chi connectivity index (χ1n) is 8.47. The number of imidazole rings is 1. The van der Waals surface area contributed by atoms with Crippen molar-refractivity contribution in [3.05, 3.63) is 59.4 Å². The molecule has 4 rings (SSSR count). The number of hydrogen-bond donors (Lipinski definition) is 1.